The van der Waals surface area contributed by atoms with Gasteiger partial charge in [-0.1, -0.05) is 19.0 Å². The molecule has 0 unspecified atom stereocenters. The van der Waals surface area contributed by atoms with Crippen LogP contribution in [0.1, 0.15) is 19.5 Å². The van der Waals surface area contributed by atoms with Gasteiger partial charge in [-0.05, 0) is 12.1 Å². The summed E-state index contributed by atoms with van der Waals surface area (Å²) in [5, 5.41) is 3.99. The van der Waals surface area contributed by atoms with Crippen molar-refractivity contribution >= 4 is 5.91 Å². The van der Waals surface area contributed by atoms with Crippen molar-refractivity contribution in [1.82, 2.24) is 10.1 Å². The summed E-state index contributed by atoms with van der Waals surface area (Å²) in [4.78, 5) is 13.9. The Balaban J connectivity index is 2.07. The Kier molecular flexibility index (Phi) is 5.16. The Morgan fingerprint density at radius 3 is 2.86 bits per heavy atom. The molecule has 0 bridgehead atoms. The van der Waals surface area contributed by atoms with Crippen LogP contribution < -0.4 is 0 Å². The maximum absolute atomic E-state index is 12.2. The van der Waals surface area contributed by atoms with Crippen LogP contribution in [0.2, 0.25) is 0 Å². The van der Waals surface area contributed by atoms with E-state index in [2.05, 4.69) is 5.16 Å². The lowest BCUT2D eigenvalue weighted by Gasteiger charge is -2.23. The molecular formula is C15H20N2O4. The molecule has 0 aliphatic carbocycles. The fourth-order valence-corrected chi connectivity index (χ4v) is 1.95. The molecule has 2 heterocycles. The highest BCUT2D eigenvalue weighted by Crippen LogP contribution is 2.21. The van der Waals surface area contributed by atoms with E-state index >= 15 is 0 Å². The Morgan fingerprint density at radius 1 is 1.43 bits per heavy atom. The normalized spacial score (nSPS) is 11.0. The molecule has 6 nitrogen and oxygen atoms in total. The predicted octanol–water partition coefficient (Wildman–Crippen LogP) is 2.57. The van der Waals surface area contributed by atoms with Gasteiger partial charge in [0.2, 0.25) is 11.7 Å². The smallest absolute Gasteiger partial charge is 0.225 e. The molecule has 0 radical (unpaired) electrons. The van der Waals surface area contributed by atoms with Crippen LogP contribution in [0, 0.1) is 5.92 Å². The van der Waals surface area contributed by atoms with Crippen molar-refractivity contribution in [3.05, 3.63) is 30.2 Å². The maximum Gasteiger partial charge on any atom is 0.225 e. The van der Waals surface area contributed by atoms with Crippen LogP contribution in [0.15, 0.2) is 33.4 Å². The van der Waals surface area contributed by atoms with Gasteiger partial charge in [-0.2, -0.15) is 0 Å². The van der Waals surface area contributed by atoms with E-state index in [1.54, 1.807) is 36.5 Å². The summed E-state index contributed by atoms with van der Waals surface area (Å²) in [6.45, 7) is 5.15. The van der Waals surface area contributed by atoms with Gasteiger partial charge in [0, 0.05) is 25.6 Å². The van der Waals surface area contributed by atoms with E-state index in [4.69, 9.17) is 13.7 Å². The van der Waals surface area contributed by atoms with Crippen LogP contribution in [-0.2, 0) is 16.1 Å². The summed E-state index contributed by atoms with van der Waals surface area (Å²) in [6.07, 6.45) is 1.57. The van der Waals surface area contributed by atoms with E-state index < -0.39 is 0 Å². The first-order valence-corrected chi connectivity index (χ1v) is 6.89. The number of aromatic nitrogens is 1. The molecule has 0 saturated heterocycles. The third kappa shape index (κ3) is 3.95. The Labute approximate surface area is 123 Å². The monoisotopic (exact) mass is 292 g/mol. The molecule has 6 heteroatoms. The molecule has 0 aromatic carbocycles. The van der Waals surface area contributed by atoms with Gasteiger partial charge >= 0.3 is 0 Å². The number of hydrogen-bond acceptors (Lipinski definition) is 5. The van der Waals surface area contributed by atoms with Crippen LogP contribution in [0.25, 0.3) is 11.5 Å². The van der Waals surface area contributed by atoms with Crippen LogP contribution in [0.5, 0.6) is 0 Å². The highest BCUT2D eigenvalue weighted by atomic mass is 16.5. The number of furan rings is 1. The van der Waals surface area contributed by atoms with Crippen molar-refractivity contribution in [2.24, 2.45) is 5.92 Å². The van der Waals surface area contributed by atoms with Gasteiger partial charge in [0.15, 0.2) is 5.76 Å². The molecule has 0 saturated carbocycles. The van der Waals surface area contributed by atoms with Crippen molar-refractivity contribution in [2.45, 2.75) is 20.4 Å². The van der Waals surface area contributed by atoms with E-state index in [0.717, 1.165) is 0 Å². The average Bonchev–Trinajstić information content (AvgIpc) is 3.13. The first-order valence-electron chi connectivity index (χ1n) is 6.89. The van der Waals surface area contributed by atoms with E-state index in [-0.39, 0.29) is 11.8 Å². The lowest BCUT2D eigenvalue weighted by atomic mass is 10.2. The second-order valence-corrected chi connectivity index (χ2v) is 5.07. The molecule has 0 atom stereocenters. The highest BCUT2D eigenvalue weighted by molar-refractivity contribution is 5.78. The summed E-state index contributed by atoms with van der Waals surface area (Å²) >= 11 is 0. The van der Waals surface area contributed by atoms with Crippen molar-refractivity contribution in [3.8, 4) is 11.5 Å². The summed E-state index contributed by atoms with van der Waals surface area (Å²) in [5.41, 5.74) is 0.687. The molecule has 2 aromatic heterocycles. The number of ether oxygens (including phenoxy) is 1. The van der Waals surface area contributed by atoms with Crippen molar-refractivity contribution in [2.75, 3.05) is 20.3 Å². The van der Waals surface area contributed by atoms with E-state index in [1.165, 1.54) is 0 Å². The fraction of sp³-hybridized carbons (Fsp3) is 0.467. The average molecular weight is 292 g/mol. The molecule has 2 aromatic rings. The minimum atomic E-state index is -0.0710. The molecule has 2 rings (SSSR count). The maximum atomic E-state index is 12.2. The van der Waals surface area contributed by atoms with E-state index in [0.29, 0.717) is 36.9 Å². The molecule has 0 fully saturated rings. The number of hydrogen-bond donors (Lipinski definition) is 0. The van der Waals surface area contributed by atoms with Gasteiger partial charge in [-0.3, -0.25) is 4.79 Å². The van der Waals surface area contributed by atoms with Crippen molar-refractivity contribution < 1.29 is 18.5 Å². The van der Waals surface area contributed by atoms with E-state index in [9.17, 15) is 4.79 Å². The minimum Gasteiger partial charge on any atom is -0.461 e. The Bertz CT molecular complexity index is 560. The van der Waals surface area contributed by atoms with Crippen molar-refractivity contribution in [3.63, 3.8) is 0 Å². The summed E-state index contributed by atoms with van der Waals surface area (Å²) < 4.78 is 15.5. The molecule has 0 N–H and O–H groups in total. The SMILES string of the molecule is COCCN(Cc1cc(-c2ccco2)on1)C(=O)C(C)C. The van der Waals surface area contributed by atoms with Gasteiger partial charge in [0.25, 0.3) is 0 Å². The van der Waals surface area contributed by atoms with Crippen LogP contribution in [-0.4, -0.2) is 36.2 Å². The Morgan fingerprint density at radius 2 is 2.24 bits per heavy atom. The van der Waals surface area contributed by atoms with E-state index in [1.807, 2.05) is 13.8 Å². The second-order valence-electron chi connectivity index (χ2n) is 5.07. The Hall–Kier alpha value is -2.08. The second kappa shape index (κ2) is 7.08. The zero-order chi connectivity index (χ0) is 15.2. The third-order valence-electron chi connectivity index (χ3n) is 3.05. The van der Waals surface area contributed by atoms with Crippen LogP contribution in [0.4, 0.5) is 0 Å². The van der Waals surface area contributed by atoms with Crippen LogP contribution in [0.3, 0.4) is 0 Å². The van der Waals surface area contributed by atoms with Gasteiger partial charge < -0.3 is 18.6 Å². The highest BCUT2D eigenvalue weighted by Gasteiger charge is 2.19. The molecule has 21 heavy (non-hydrogen) atoms. The van der Waals surface area contributed by atoms with Gasteiger partial charge in [0.05, 0.1) is 19.4 Å². The molecule has 114 valence electrons. The number of carbonyl (C=O) groups excluding carboxylic acids is 1. The number of amides is 1. The zero-order valence-corrected chi connectivity index (χ0v) is 12.5. The summed E-state index contributed by atoms with van der Waals surface area (Å²) in [7, 11) is 1.61. The first kappa shape index (κ1) is 15.3. The number of carbonyl (C=O) groups is 1. The summed E-state index contributed by atoms with van der Waals surface area (Å²) in [6, 6.07) is 5.36. The lowest BCUT2D eigenvalue weighted by Crippen LogP contribution is -2.36. The number of nitrogens with zero attached hydrogens (tertiary/aromatic N) is 2. The molecule has 1 amide bonds. The standard InChI is InChI=1S/C15H20N2O4/c1-11(2)15(18)17(6-8-19-3)10-12-9-14(21-16-12)13-5-4-7-20-13/h4-5,7,9,11H,6,8,10H2,1-3H3. The molecule has 0 aliphatic heterocycles. The topological polar surface area (TPSA) is 68.7 Å². The van der Waals surface area contributed by atoms with Gasteiger partial charge in [-0.15, -0.1) is 0 Å². The van der Waals surface area contributed by atoms with Gasteiger partial charge in [0.1, 0.15) is 5.69 Å². The zero-order valence-electron chi connectivity index (χ0n) is 12.5. The summed E-state index contributed by atoms with van der Waals surface area (Å²) in [5.74, 6) is 1.17. The van der Waals surface area contributed by atoms with Crippen molar-refractivity contribution in [1.29, 1.82) is 0 Å². The fourth-order valence-electron chi connectivity index (χ4n) is 1.95. The van der Waals surface area contributed by atoms with Gasteiger partial charge in [-0.25, -0.2) is 0 Å². The van der Waals surface area contributed by atoms with Crippen LogP contribution >= 0.6 is 0 Å². The quantitative estimate of drug-likeness (QED) is 0.784. The lowest BCUT2D eigenvalue weighted by molar-refractivity contribution is -0.135. The molecule has 0 spiro atoms. The molecule has 0 aliphatic rings. The largest absolute Gasteiger partial charge is 0.461 e. The third-order valence-corrected chi connectivity index (χ3v) is 3.05. The predicted molar refractivity (Wildman–Crippen MR) is 76.3 cm³/mol. The first-order chi connectivity index (χ1) is 10.1. The minimum absolute atomic E-state index is 0.0644. The molecular weight excluding hydrogens is 272 g/mol. The number of rotatable bonds is 7. The number of methoxy groups -OCH3 is 1.